The molecule has 0 bridgehead atoms. The summed E-state index contributed by atoms with van der Waals surface area (Å²) in [6.07, 6.45) is 1.73. The summed E-state index contributed by atoms with van der Waals surface area (Å²) in [6, 6.07) is 9.42. The van der Waals surface area contributed by atoms with Crippen molar-refractivity contribution in [1.82, 2.24) is 14.5 Å². The first-order chi connectivity index (χ1) is 14.4. The number of fused-ring (bicyclic) bond motifs is 2. The number of thiophene rings is 1. The highest BCUT2D eigenvalue weighted by Gasteiger charge is 2.21. The van der Waals surface area contributed by atoms with Gasteiger partial charge in [0.05, 0.1) is 21.8 Å². The number of rotatable bonds is 5. The van der Waals surface area contributed by atoms with E-state index >= 15 is 0 Å². The summed E-state index contributed by atoms with van der Waals surface area (Å²) in [4.78, 5) is 36.8. The van der Waals surface area contributed by atoms with Gasteiger partial charge in [-0.25, -0.2) is 4.98 Å². The van der Waals surface area contributed by atoms with Crippen LogP contribution in [0, 0.1) is 13.8 Å². The highest BCUT2D eigenvalue weighted by molar-refractivity contribution is 8.00. The number of hydrogen-bond donors (Lipinski definition) is 1. The third-order valence-corrected chi connectivity index (χ3v) is 7.32. The minimum atomic E-state index is -0.429. The van der Waals surface area contributed by atoms with Gasteiger partial charge in [0.15, 0.2) is 5.16 Å². The quantitative estimate of drug-likeness (QED) is 0.359. The van der Waals surface area contributed by atoms with Crippen LogP contribution in [0.3, 0.4) is 0 Å². The first-order valence-electron chi connectivity index (χ1n) is 9.72. The number of nitrogens with one attached hydrogen (secondary N) is 1. The van der Waals surface area contributed by atoms with Gasteiger partial charge in [0.25, 0.3) is 5.56 Å². The van der Waals surface area contributed by atoms with Gasteiger partial charge >= 0.3 is 0 Å². The molecule has 3 aromatic heterocycles. The molecule has 8 heteroatoms. The normalized spacial score (nSPS) is 12.4. The number of benzene rings is 1. The van der Waals surface area contributed by atoms with Crippen LogP contribution in [0.15, 0.2) is 46.5 Å². The number of amides is 1. The molecule has 0 fully saturated rings. The Hall–Kier alpha value is -2.71. The molecule has 0 radical (unpaired) electrons. The lowest BCUT2D eigenvalue weighted by atomic mass is 10.2. The molecule has 1 N–H and O–H groups in total. The van der Waals surface area contributed by atoms with E-state index in [0.717, 1.165) is 31.9 Å². The van der Waals surface area contributed by atoms with Crippen LogP contribution in [-0.4, -0.2) is 25.7 Å². The van der Waals surface area contributed by atoms with E-state index in [2.05, 4.69) is 10.3 Å². The van der Waals surface area contributed by atoms with E-state index in [0.29, 0.717) is 17.1 Å². The maximum Gasteiger partial charge on any atom is 0.263 e. The summed E-state index contributed by atoms with van der Waals surface area (Å²) in [5.41, 5.74) is 2.49. The number of aromatic nitrogens is 3. The standard InChI is InChI=1S/C22H22N4O2S2/c1-5-26-21(28)18-12(2)13(3)29-20(18)25-22(26)30-14(4)19(27)24-17-10-6-9-16-15(17)8-7-11-23-16/h6-11,14H,5H2,1-4H3,(H,24,27). The van der Waals surface area contributed by atoms with Crippen LogP contribution in [0.1, 0.15) is 24.3 Å². The van der Waals surface area contributed by atoms with E-state index in [1.54, 1.807) is 10.8 Å². The number of thioether (sulfide) groups is 1. The Morgan fingerprint density at radius 1 is 1.27 bits per heavy atom. The number of hydrogen-bond acceptors (Lipinski definition) is 6. The largest absolute Gasteiger partial charge is 0.324 e. The van der Waals surface area contributed by atoms with Crippen LogP contribution >= 0.6 is 23.1 Å². The van der Waals surface area contributed by atoms with Gasteiger partial charge in [-0.05, 0) is 57.5 Å². The van der Waals surface area contributed by atoms with Crippen LogP contribution < -0.4 is 10.9 Å². The molecule has 0 aliphatic rings. The molecular formula is C22H22N4O2S2. The predicted octanol–water partition coefficient (Wildman–Crippen LogP) is 4.76. The number of pyridine rings is 1. The smallest absolute Gasteiger partial charge is 0.263 e. The molecule has 1 amide bonds. The maximum atomic E-state index is 13.0. The Kier molecular flexibility index (Phi) is 5.62. The molecule has 0 saturated heterocycles. The number of nitrogens with zero attached hydrogens (tertiary/aromatic N) is 3. The van der Waals surface area contributed by atoms with Crippen LogP contribution in [0.4, 0.5) is 5.69 Å². The van der Waals surface area contributed by atoms with Gasteiger partial charge in [0, 0.05) is 23.0 Å². The summed E-state index contributed by atoms with van der Waals surface area (Å²) in [5, 5.41) is 4.71. The van der Waals surface area contributed by atoms with Gasteiger partial charge in [0.2, 0.25) is 5.91 Å². The molecule has 3 heterocycles. The lowest BCUT2D eigenvalue weighted by molar-refractivity contribution is -0.115. The number of anilines is 1. The third-order valence-electron chi connectivity index (χ3n) is 5.13. The van der Waals surface area contributed by atoms with Crippen LogP contribution in [0.5, 0.6) is 0 Å². The maximum absolute atomic E-state index is 13.0. The van der Waals surface area contributed by atoms with Crippen molar-refractivity contribution in [3.05, 3.63) is 57.3 Å². The summed E-state index contributed by atoms with van der Waals surface area (Å²) in [7, 11) is 0. The van der Waals surface area contributed by atoms with E-state index < -0.39 is 5.25 Å². The fraction of sp³-hybridized carbons (Fsp3) is 0.273. The Morgan fingerprint density at radius 2 is 2.07 bits per heavy atom. The fourth-order valence-electron chi connectivity index (χ4n) is 3.34. The highest BCUT2D eigenvalue weighted by atomic mass is 32.2. The van der Waals surface area contributed by atoms with Crippen LogP contribution in [0.25, 0.3) is 21.1 Å². The van der Waals surface area contributed by atoms with Gasteiger partial charge in [0.1, 0.15) is 4.83 Å². The van der Waals surface area contributed by atoms with E-state index in [1.807, 2.05) is 58.0 Å². The number of aryl methyl sites for hydroxylation is 2. The average molecular weight is 439 g/mol. The van der Waals surface area contributed by atoms with Crippen molar-refractivity contribution in [3.63, 3.8) is 0 Å². The van der Waals surface area contributed by atoms with Gasteiger partial charge < -0.3 is 5.32 Å². The topological polar surface area (TPSA) is 76.9 Å². The molecule has 0 saturated carbocycles. The first-order valence-corrected chi connectivity index (χ1v) is 11.4. The van der Waals surface area contributed by atoms with Crippen LogP contribution in [0.2, 0.25) is 0 Å². The molecule has 6 nitrogen and oxygen atoms in total. The molecule has 154 valence electrons. The zero-order valence-corrected chi connectivity index (χ0v) is 18.9. The molecule has 4 rings (SSSR count). The minimum absolute atomic E-state index is 0.0421. The van der Waals surface area contributed by atoms with E-state index in [-0.39, 0.29) is 11.5 Å². The summed E-state index contributed by atoms with van der Waals surface area (Å²) in [5.74, 6) is -0.146. The lowest BCUT2D eigenvalue weighted by Gasteiger charge is -2.15. The van der Waals surface area contributed by atoms with E-state index in [9.17, 15) is 9.59 Å². The summed E-state index contributed by atoms with van der Waals surface area (Å²) in [6.45, 7) is 8.20. The highest BCUT2D eigenvalue weighted by Crippen LogP contribution is 2.30. The zero-order chi connectivity index (χ0) is 21.4. The Labute approximate surface area is 182 Å². The van der Waals surface area contributed by atoms with Crippen molar-refractivity contribution in [2.45, 2.75) is 44.6 Å². The van der Waals surface area contributed by atoms with E-state index in [4.69, 9.17) is 4.98 Å². The molecular weight excluding hydrogens is 416 g/mol. The molecule has 0 spiro atoms. The Bertz CT molecular complexity index is 1320. The molecule has 0 aliphatic carbocycles. The molecule has 1 atom stereocenters. The van der Waals surface area contributed by atoms with Gasteiger partial charge in [-0.2, -0.15) is 0 Å². The third kappa shape index (κ3) is 3.61. The van der Waals surface area contributed by atoms with Crippen molar-refractivity contribution in [2.75, 3.05) is 5.32 Å². The molecule has 30 heavy (non-hydrogen) atoms. The van der Waals surface area contributed by atoms with Crippen molar-refractivity contribution in [3.8, 4) is 0 Å². The van der Waals surface area contributed by atoms with Gasteiger partial charge in [-0.1, -0.05) is 17.8 Å². The Balaban J connectivity index is 1.63. The SMILES string of the molecule is CCn1c(SC(C)C(=O)Nc2cccc3ncccc23)nc2sc(C)c(C)c2c1=O. The predicted molar refractivity (Wildman–Crippen MR) is 125 cm³/mol. The number of carbonyl (C=O) groups excluding carboxylic acids is 1. The second-order valence-corrected chi connectivity index (χ2v) is 9.54. The van der Waals surface area contributed by atoms with Crippen LogP contribution in [-0.2, 0) is 11.3 Å². The fourth-order valence-corrected chi connectivity index (χ4v) is 5.38. The average Bonchev–Trinajstić information content (AvgIpc) is 3.02. The monoisotopic (exact) mass is 438 g/mol. The molecule has 1 aromatic carbocycles. The van der Waals surface area contributed by atoms with Crippen molar-refractivity contribution >= 4 is 55.8 Å². The summed E-state index contributed by atoms with van der Waals surface area (Å²) < 4.78 is 1.65. The Morgan fingerprint density at radius 3 is 2.83 bits per heavy atom. The zero-order valence-electron chi connectivity index (χ0n) is 17.2. The molecule has 4 aromatic rings. The van der Waals surface area contributed by atoms with Crippen molar-refractivity contribution in [2.24, 2.45) is 0 Å². The van der Waals surface area contributed by atoms with Crippen molar-refractivity contribution < 1.29 is 4.79 Å². The van der Waals surface area contributed by atoms with E-state index in [1.165, 1.54) is 23.1 Å². The summed E-state index contributed by atoms with van der Waals surface area (Å²) >= 11 is 2.82. The van der Waals surface area contributed by atoms with Crippen molar-refractivity contribution in [1.29, 1.82) is 0 Å². The molecule has 1 unspecified atom stereocenters. The minimum Gasteiger partial charge on any atom is -0.324 e. The lowest BCUT2D eigenvalue weighted by Crippen LogP contribution is -2.26. The first kappa shape index (κ1) is 20.6. The molecule has 0 aliphatic heterocycles. The van der Waals surface area contributed by atoms with Gasteiger partial charge in [-0.15, -0.1) is 11.3 Å². The number of carbonyl (C=O) groups is 1. The second kappa shape index (κ2) is 8.20. The van der Waals surface area contributed by atoms with Gasteiger partial charge in [-0.3, -0.25) is 19.1 Å². The second-order valence-electron chi connectivity index (χ2n) is 7.03.